The van der Waals surface area contributed by atoms with Gasteiger partial charge >= 0.3 is 0 Å². The third-order valence-corrected chi connectivity index (χ3v) is 5.83. The van der Waals surface area contributed by atoms with Gasteiger partial charge < -0.3 is 0 Å². The van der Waals surface area contributed by atoms with Gasteiger partial charge in [-0.1, -0.05) is 66.2 Å². The summed E-state index contributed by atoms with van der Waals surface area (Å²) in [6.07, 6.45) is 11.9. The van der Waals surface area contributed by atoms with Crippen molar-refractivity contribution in [1.82, 2.24) is 0 Å². The fraction of sp³-hybridized carbons (Fsp3) is 1.00. The summed E-state index contributed by atoms with van der Waals surface area (Å²) in [5.74, 6) is 0. The Bertz CT molecular complexity index is 187. The molecule has 0 N–H and O–H groups in total. The molecule has 0 bridgehead atoms. The van der Waals surface area contributed by atoms with Gasteiger partial charge in [0.1, 0.15) is 4.33 Å². The molecule has 0 amide bonds. The lowest BCUT2D eigenvalue weighted by molar-refractivity contribution is 0.202. The molecule has 0 aromatic rings. The fourth-order valence-electron chi connectivity index (χ4n) is 2.92. The molecule has 0 heterocycles. The Morgan fingerprint density at radius 2 is 1.11 bits per heavy atom. The first-order chi connectivity index (χ1) is 8.49. The number of unbranched alkanes of at least 4 members (excludes halogenated alkanes) is 5. The maximum absolute atomic E-state index is 6.66. The predicted octanol–water partition coefficient (Wildman–Crippen LogP) is 7.13. The summed E-state index contributed by atoms with van der Waals surface area (Å²) in [5.41, 5.74) is 0.0968. The average molecular weight is 295 g/mol. The third kappa shape index (κ3) is 5.29. The molecule has 0 aliphatic heterocycles. The summed E-state index contributed by atoms with van der Waals surface area (Å²) >= 11 is 13.3. The van der Waals surface area contributed by atoms with Crippen molar-refractivity contribution >= 4 is 23.2 Å². The minimum Gasteiger partial charge on any atom is -0.101 e. The Balaban J connectivity index is 4.12. The molecule has 0 aromatic carbocycles. The Morgan fingerprint density at radius 3 is 1.56 bits per heavy atom. The second-order valence-corrected chi connectivity index (χ2v) is 7.05. The fourth-order valence-corrected chi connectivity index (χ4v) is 3.99. The van der Waals surface area contributed by atoms with Gasteiger partial charge in [-0.05, 0) is 25.7 Å². The number of halogens is 2. The van der Waals surface area contributed by atoms with E-state index in [0.717, 1.165) is 25.7 Å². The zero-order valence-electron chi connectivity index (χ0n) is 12.8. The van der Waals surface area contributed by atoms with Crippen LogP contribution in [-0.4, -0.2) is 4.33 Å². The van der Waals surface area contributed by atoms with Gasteiger partial charge in [0.05, 0.1) is 0 Å². The summed E-state index contributed by atoms with van der Waals surface area (Å²) in [6.45, 7) is 8.90. The van der Waals surface area contributed by atoms with Gasteiger partial charge in [0.25, 0.3) is 0 Å². The Kier molecular flexibility index (Phi) is 9.78. The number of rotatable bonds is 11. The van der Waals surface area contributed by atoms with E-state index in [1.807, 2.05) is 0 Å². The van der Waals surface area contributed by atoms with Crippen LogP contribution >= 0.6 is 23.2 Å². The summed E-state index contributed by atoms with van der Waals surface area (Å²) in [7, 11) is 0. The van der Waals surface area contributed by atoms with Crippen LogP contribution in [0.1, 0.15) is 91.9 Å². The van der Waals surface area contributed by atoms with Crippen molar-refractivity contribution in [2.75, 3.05) is 0 Å². The van der Waals surface area contributed by atoms with Crippen molar-refractivity contribution in [1.29, 1.82) is 0 Å². The van der Waals surface area contributed by atoms with Crippen LogP contribution in [0.2, 0.25) is 0 Å². The van der Waals surface area contributed by atoms with Crippen LogP contribution in [0.25, 0.3) is 0 Å². The van der Waals surface area contributed by atoms with Gasteiger partial charge in [0.2, 0.25) is 0 Å². The lowest BCUT2D eigenvalue weighted by Gasteiger charge is -2.42. The molecule has 0 rings (SSSR count). The first-order valence-corrected chi connectivity index (χ1v) is 8.63. The minimum atomic E-state index is -0.546. The quantitative estimate of drug-likeness (QED) is 0.281. The first-order valence-electron chi connectivity index (χ1n) is 7.87. The minimum absolute atomic E-state index is 0.0968. The smallest absolute Gasteiger partial charge is 0.101 e. The van der Waals surface area contributed by atoms with Crippen LogP contribution in [0, 0.1) is 5.41 Å². The highest BCUT2D eigenvalue weighted by atomic mass is 35.5. The molecular formula is C16H32Cl2. The summed E-state index contributed by atoms with van der Waals surface area (Å²) in [5, 5.41) is 0. The predicted molar refractivity (Wildman–Crippen MR) is 85.7 cm³/mol. The van der Waals surface area contributed by atoms with Crippen molar-refractivity contribution < 1.29 is 0 Å². The van der Waals surface area contributed by atoms with Crippen LogP contribution in [0.4, 0.5) is 0 Å². The molecule has 2 heteroatoms. The number of alkyl halides is 2. The van der Waals surface area contributed by atoms with E-state index in [4.69, 9.17) is 23.2 Å². The van der Waals surface area contributed by atoms with Crippen molar-refractivity contribution in [2.24, 2.45) is 5.41 Å². The van der Waals surface area contributed by atoms with Crippen molar-refractivity contribution in [3.63, 3.8) is 0 Å². The Labute approximate surface area is 125 Å². The molecule has 0 saturated heterocycles. The second kappa shape index (κ2) is 9.48. The normalized spacial score (nSPS) is 13.0. The maximum atomic E-state index is 6.66. The molecule has 18 heavy (non-hydrogen) atoms. The molecule has 0 atom stereocenters. The van der Waals surface area contributed by atoms with E-state index in [0.29, 0.717) is 0 Å². The Hall–Kier alpha value is 0.580. The van der Waals surface area contributed by atoms with E-state index >= 15 is 0 Å². The molecule has 0 fully saturated rings. The summed E-state index contributed by atoms with van der Waals surface area (Å²) < 4.78 is -0.546. The zero-order chi connectivity index (χ0) is 14.1. The van der Waals surface area contributed by atoms with Gasteiger partial charge in [-0.2, -0.15) is 0 Å². The van der Waals surface area contributed by atoms with Gasteiger partial charge in [0.15, 0.2) is 0 Å². The molecular weight excluding hydrogens is 263 g/mol. The van der Waals surface area contributed by atoms with E-state index in [1.165, 1.54) is 38.5 Å². The monoisotopic (exact) mass is 294 g/mol. The lowest BCUT2D eigenvalue weighted by atomic mass is 9.74. The SMILES string of the molecule is CCCCCCCCC(Cl)(Cl)C(CC)(CC)CC. The highest BCUT2D eigenvalue weighted by molar-refractivity contribution is 6.49. The van der Waals surface area contributed by atoms with E-state index < -0.39 is 4.33 Å². The van der Waals surface area contributed by atoms with Crippen LogP contribution in [0.3, 0.4) is 0 Å². The molecule has 0 unspecified atom stereocenters. The molecule has 0 radical (unpaired) electrons. The maximum Gasteiger partial charge on any atom is 0.123 e. The summed E-state index contributed by atoms with van der Waals surface area (Å²) in [6, 6.07) is 0. The van der Waals surface area contributed by atoms with Gasteiger partial charge in [0, 0.05) is 5.41 Å². The van der Waals surface area contributed by atoms with E-state index in [2.05, 4.69) is 27.7 Å². The van der Waals surface area contributed by atoms with E-state index in [1.54, 1.807) is 0 Å². The zero-order valence-corrected chi connectivity index (χ0v) is 14.3. The molecule has 0 nitrogen and oxygen atoms in total. The molecule has 0 aliphatic carbocycles. The topological polar surface area (TPSA) is 0 Å². The van der Waals surface area contributed by atoms with Gasteiger partial charge in [-0.15, -0.1) is 23.2 Å². The number of hydrogen-bond acceptors (Lipinski definition) is 0. The highest BCUT2D eigenvalue weighted by Gasteiger charge is 2.44. The highest BCUT2D eigenvalue weighted by Crippen LogP contribution is 2.51. The standard InChI is InChI=1S/C16H32Cl2/c1-5-9-10-11-12-13-14-16(17,18)15(6-2,7-3)8-4/h5-14H2,1-4H3. The Morgan fingerprint density at radius 1 is 0.667 bits per heavy atom. The van der Waals surface area contributed by atoms with Gasteiger partial charge in [-0.25, -0.2) is 0 Å². The first kappa shape index (κ1) is 18.6. The lowest BCUT2D eigenvalue weighted by Crippen LogP contribution is -2.38. The molecule has 0 spiro atoms. The van der Waals surface area contributed by atoms with Crippen LogP contribution in [0.5, 0.6) is 0 Å². The molecule has 0 aromatic heterocycles. The molecule has 0 aliphatic rings. The van der Waals surface area contributed by atoms with E-state index in [-0.39, 0.29) is 5.41 Å². The van der Waals surface area contributed by atoms with Gasteiger partial charge in [-0.3, -0.25) is 0 Å². The summed E-state index contributed by atoms with van der Waals surface area (Å²) in [4.78, 5) is 0. The number of hydrogen-bond donors (Lipinski definition) is 0. The largest absolute Gasteiger partial charge is 0.123 e. The van der Waals surface area contributed by atoms with Crippen LogP contribution in [0.15, 0.2) is 0 Å². The third-order valence-electron chi connectivity index (χ3n) is 4.65. The van der Waals surface area contributed by atoms with Crippen molar-refractivity contribution in [2.45, 2.75) is 96.2 Å². The second-order valence-electron chi connectivity index (χ2n) is 5.56. The van der Waals surface area contributed by atoms with Crippen molar-refractivity contribution in [3.8, 4) is 0 Å². The van der Waals surface area contributed by atoms with E-state index in [9.17, 15) is 0 Å². The molecule has 110 valence electrons. The average Bonchev–Trinajstić information content (AvgIpc) is 2.36. The molecule has 0 saturated carbocycles. The van der Waals surface area contributed by atoms with Crippen LogP contribution < -0.4 is 0 Å². The van der Waals surface area contributed by atoms with Crippen molar-refractivity contribution in [3.05, 3.63) is 0 Å². The van der Waals surface area contributed by atoms with Crippen LogP contribution in [-0.2, 0) is 0 Å².